The van der Waals surface area contributed by atoms with Crippen molar-refractivity contribution in [1.29, 1.82) is 0 Å². The molecule has 140 valence electrons. The fourth-order valence-electron chi connectivity index (χ4n) is 2.85. The van der Waals surface area contributed by atoms with Crippen LogP contribution in [0.5, 0.6) is 11.5 Å². The van der Waals surface area contributed by atoms with Crippen LogP contribution in [0.15, 0.2) is 18.2 Å². The summed E-state index contributed by atoms with van der Waals surface area (Å²) in [6.45, 7) is 8.23. The Labute approximate surface area is 150 Å². The van der Waals surface area contributed by atoms with Gasteiger partial charge in [0.2, 0.25) is 0 Å². The van der Waals surface area contributed by atoms with Crippen LogP contribution in [0.1, 0.15) is 40.0 Å². The number of piperidine rings is 1. The summed E-state index contributed by atoms with van der Waals surface area (Å²) in [4.78, 5) is 14.1. The highest BCUT2D eigenvalue weighted by Gasteiger charge is 2.22. The summed E-state index contributed by atoms with van der Waals surface area (Å²) >= 11 is 0. The Bertz CT molecular complexity index is 575. The van der Waals surface area contributed by atoms with Crippen LogP contribution in [-0.2, 0) is 9.53 Å². The molecule has 0 aliphatic carbocycles. The molecule has 1 fully saturated rings. The second-order valence-corrected chi connectivity index (χ2v) is 7.40. The van der Waals surface area contributed by atoms with Gasteiger partial charge in [0.1, 0.15) is 23.2 Å². The zero-order chi connectivity index (χ0) is 18.4. The first-order chi connectivity index (χ1) is 11.8. The summed E-state index contributed by atoms with van der Waals surface area (Å²) in [7, 11) is 1.60. The lowest BCUT2D eigenvalue weighted by atomic mass is 10.1. The number of carbonyl (C=O) groups excluding carboxylic acids is 1. The standard InChI is InChI=1S/C19H30N2O4/c1-19(2,3)25-18(22)9-12-21-10-7-14(8-11-21)24-15-5-6-16(20)17(13-15)23-4/h5-6,13-14H,7-12,20H2,1-4H3. The van der Waals surface area contributed by atoms with Gasteiger partial charge in [-0.25, -0.2) is 0 Å². The molecule has 2 N–H and O–H groups in total. The Morgan fingerprint density at radius 2 is 1.96 bits per heavy atom. The second kappa shape index (κ2) is 8.43. The van der Waals surface area contributed by atoms with Crippen LogP contribution >= 0.6 is 0 Å². The van der Waals surface area contributed by atoms with Gasteiger partial charge in [-0.3, -0.25) is 4.79 Å². The maximum absolute atomic E-state index is 11.8. The molecule has 1 saturated heterocycles. The highest BCUT2D eigenvalue weighted by atomic mass is 16.6. The molecule has 0 unspecified atom stereocenters. The molecule has 2 rings (SSSR count). The van der Waals surface area contributed by atoms with Gasteiger partial charge in [-0.15, -0.1) is 0 Å². The van der Waals surface area contributed by atoms with Gasteiger partial charge in [0, 0.05) is 25.7 Å². The maximum Gasteiger partial charge on any atom is 0.307 e. The van der Waals surface area contributed by atoms with E-state index in [0.717, 1.165) is 38.2 Å². The first-order valence-corrected chi connectivity index (χ1v) is 8.81. The van der Waals surface area contributed by atoms with Crippen molar-refractivity contribution in [1.82, 2.24) is 4.90 Å². The van der Waals surface area contributed by atoms with E-state index in [2.05, 4.69) is 4.90 Å². The van der Waals surface area contributed by atoms with Gasteiger partial charge >= 0.3 is 5.97 Å². The highest BCUT2D eigenvalue weighted by molar-refractivity contribution is 5.70. The summed E-state index contributed by atoms with van der Waals surface area (Å²) in [5.41, 5.74) is 6.01. The van der Waals surface area contributed by atoms with Crippen LogP contribution in [0.25, 0.3) is 0 Å². The zero-order valence-electron chi connectivity index (χ0n) is 15.7. The van der Waals surface area contributed by atoms with E-state index in [1.807, 2.05) is 32.9 Å². The molecule has 6 nitrogen and oxygen atoms in total. The van der Waals surface area contributed by atoms with E-state index in [-0.39, 0.29) is 12.1 Å². The van der Waals surface area contributed by atoms with Crippen molar-refractivity contribution in [2.24, 2.45) is 0 Å². The second-order valence-electron chi connectivity index (χ2n) is 7.40. The number of nitrogens with zero attached hydrogens (tertiary/aromatic N) is 1. The summed E-state index contributed by atoms with van der Waals surface area (Å²) in [5, 5.41) is 0. The number of likely N-dealkylation sites (tertiary alicyclic amines) is 1. The number of carbonyl (C=O) groups is 1. The van der Waals surface area contributed by atoms with Crippen molar-refractivity contribution in [3.63, 3.8) is 0 Å². The summed E-state index contributed by atoms with van der Waals surface area (Å²) in [5.74, 6) is 1.27. The lowest BCUT2D eigenvalue weighted by molar-refractivity contribution is -0.155. The number of nitrogen functional groups attached to an aromatic ring is 1. The average Bonchev–Trinajstić information content (AvgIpc) is 2.54. The van der Waals surface area contributed by atoms with E-state index >= 15 is 0 Å². The van der Waals surface area contributed by atoms with E-state index < -0.39 is 5.60 Å². The van der Waals surface area contributed by atoms with Gasteiger partial charge in [-0.05, 0) is 45.7 Å². The first-order valence-electron chi connectivity index (χ1n) is 8.81. The molecule has 6 heteroatoms. The number of anilines is 1. The molecule has 1 aromatic rings. The smallest absolute Gasteiger partial charge is 0.307 e. The third-order valence-electron chi connectivity index (χ3n) is 4.09. The number of hydrogen-bond donors (Lipinski definition) is 1. The lowest BCUT2D eigenvalue weighted by Crippen LogP contribution is -2.39. The number of ether oxygens (including phenoxy) is 3. The Morgan fingerprint density at radius 1 is 1.28 bits per heavy atom. The van der Waals surface area contributed by atoms with E-state index in [9.17, 15) is 4.79 Å². The molecular weight excluding hydrogens is 320 g/mol. The largest absolute Gasteiger partial charge is 0.494 e. The molecule has 1 aromatic carbocycles. The molecule has 0 aromatic heterocycles. The van der Waals surface area contributed by atoms with Gasteiger partial charge in [0.05, 0.1) is 19.2 Å². The molecule has 0 spiro atoms. The summed E-state index contributed by atoms with van der Waals surface area (Å²) in [6.07, 6.45) is 2.46. The van der Waals surface area contributed by atoms with Gasteiger partial charge in [-0.1, -0.05) is 0 Å². The lowest BCUT2D eigenvalue weighted by Gasteiger charge is -2.32. The maximum atomic E-state index is 11.8. The highest BCUT2D eigenvalue weighted by Crippen LogP contribution is 2.28. The van der Waals surface area contributed by atoms with E-state index in [0.29, 0.717) is 17.9 Å². The first kappa shape index (κ1) is 19.4. The van der Waals surface area contributed by atoms with Crippen molar-refractivity contribution in [2.75, 3.05) is 32.5 Å². The van der Waals surface area contributed by atoms with Crippen molar-refractivity contribution in [3.8, 4) is 11.5 Å². The van der Waals surface area contributed by atoms with Gasteiger partial charge in [0.15, 0.2) is 0 Å². The normalized spacial score (nSPS) is 16.5. The molecule has 25 heavy (non-hydrogen) atoms. The third-order valence-corrected chi connectivity index (χ3v) is 4.09. The van der Waals surface area contributed by atoms with E-state index in [1.165, 1.54) is 0 Å². The molecule has 1 aliphatic heterocycles. The molecule has 1 heterocycles. The predicted octanol–water partition coefficient (Wildman–Crippen LogP) is 2.85. The van der Waals surface area contributed by atoms with Crippen LogP contribution in [0.4, 0.5) is 5.69 Å². The minimum Gasteiger partial charge on any atom is -0.494 e. The monoisotopic (exact) mass is 350 g/mol. The average molecular weight is 350 g/mol. The molecule has 0 bridgehead atoms. The van der Waals surface area contributed by atoms with Crippen LogP contribution in [0.3, 0.4) is 0 Å². The van der Waals surface area contributed by atoms with Crippen molar-refractivity contribution < 1.29 is 19.0 Å². The van der Waals surface area contributed by atoms with E-state index in [1.54, 1.807) is 13.2 Å². The van der Waals surface area contributed by atoms with Crippen LogP contribution in [0.2, 0.25) is 0 Å². The molecular formula is C19H30N2O4. The fraction of sp³-hybridized carbons (Fsp3) is 0.632. The Kier molecular flexibility index (Phi) is 6.53. The molecule has 0 amide bonds. The molecule has 1 aliphatic rings. The Balaban J connectivity index is 1.73. The number of benzene rings is 1. The number of esters is 1. The van der Waals surface area contributed by atoms with Gasteiger partial charge in [0.25, 0.3) is 0 Å². The Morgan fingerprint density at radius 3 is 2.56 bits per heavy atom. The van der Waals surface area contributed by atoms with Crippen LogP contribution < -0.4 is 15.2 Å². The topological polar surface area (TPSA) is 74.0 Å². The zero-order valence-corrected chi connectivity index (χ0v) is 15.7. The minimum absolute atomic E-state index is 0.139. The van der Waals surface area contributed by atoms with Gasteiger partial charge < -0.3 is 24.8 Å². The number of hydrogen-bond acceptors (Lipinski definition) is 6. The van der Waals surface area contributed by atoms with Gasteiger partial charge in [-0.2, -0.15) is 0 Å². The number of methoxy groups -OCH3 is 1. The third kappa shape index (κ3) is 6.46. The molecule has 0 saturated carbocycles. The SMILES string of the molecule is COc1cc(OC2CCN(CCC(=O)OC(C)(C)C)CC2)ccc1N. The summed E-state index contributed by atoms with van der Waals surface area (Å²) < 4.78 is 16.6. The number of nitrogens with two attached hydrogens (primary N) is 1. The quantitative estimate of drug-likeness (QED) is 0.628. The number of rotatable bonds is 6. The molecule has 0 atom stereocenters. The Hall–Kier alpha value is -1.95. The van der Waals surface area contributed by atoms with Crippen LogP contribution in [0, 0.1) is 0 Å². The van der Waals surface area contributed by atoms with Crippen LogP contribution in [-0.4, -0.2) is 49.3 Å². The molecule has 0 radical (unpaired) electrons. The van der Waals surface area contributed by atoms with Crippen molar-refractivity contribution in [2.45, 2.75) is 51.7 Å². The minimum atomic E-state index is -0.419. The van der Waals surface area contributed by atoms with Crippen molar-refractivity contribution >= 4 is 11.7 Å². The summed E-state index contributed by atoms with van der Waals surface area (Å²) in [6, 6.07) is 5.49. The fourth-order valence-corrected chi connectivity index (χ4v) is 2.85. The van der Waals surface area contributed by atoms with Crippen molar-refractivity contribution in [3.05, 3.63) is 18.2 Å². The van der Waals surface area contributed by atoms with E-state index in [4.69, 9.17) is 19.9 Å². The predicted molar refractivity (Wildman–Crippen MR) is 98.0 cm³/mol.